The van der Waals surface area contributed by atoms with E-state index in [4.69, 9.17) is 4.98 Å². The molecule has 0 saturated heterocycles. The zero-order chi connectivity index (χ0) is 20.5. The molecule has 0 spiro atoms. The molecule has 0 radical (unpaired) electrons. The average Bonchev–Trinajstić information content (AvgIpc) is 3.38. The van der Waals surface area contributed by atoms with Crippen LogP contribution in [0.1, 0.15) is 16.8 Å². The molecule has 0 atom stereocenters. The Morgan fingerprint density at radius 1 is 0.900 bits per heavy atom. The van der Waals surface area contributed by atoms with Gasteiger partial charge in [-0.2, -0.15) is 0 Å². The van der Waals surface area contributed by atoms with Crippen molar-refractivity contribution in [2.45, 2.75) is 24.8 Å². The maximum atomic E-state index is 4.79. The molecule has 148 valence electrons. The number of aromatic nitrogens is 6. The molecule has 7 heteroatoms. The highest BCUT2D eigenvalue weighted by Crippen LogP contribution is 2.30. The van der Waals surface area contributed by atoms with Gasteiger partial charge in [0.05, 0.1) is 11.4 Å². The van der Waals surface area contributed by atoms with E-state index in [2.05, 4.69) is 62.4 Å². The first kappa shape index (κ1) is 18.6. The van der Waals surface area contributed by atoms with Gasteiger partial charge in [0.15, 0.2) is 11.0 Å². The van der Waals surface area contributed by atoms with Crippen molar-refractivity contribution in [3.05, 3.63) is 90.1 Å². The molecule has 4 heterocycles. The average molecular weight is 413 g/mol. The molecule has 30 heavy (non-hydrogen) atoms. The van der Waals surface area contributed by atoms with Crippen LogP contribution < -0.4 is 0 Å². The van der Waals surface area contributed by atoms with Crippen molar-refractivity contribution >= 4 is 17.4 Å². The number of imidazole rings is 1. The smallest absolute Gasteiger partial charge is 0.196 e. The van der Waals surface area contributed by atoms with Gasteiger partial charge in [0.2, 0.25) is 0 Å². The molecule has 4 aromatic heterocycles. The molecule has 0 N–H and O–H groups in total. The van der Waals surface area contributed by atoms with E-state index < -0.39 is 0 Å². The second-order valence-corrected chi connectivity index (χ2v) is 8.05. The zero-order valence-electron chi connectivity index (χ0n) is 16.7. The fourth-order valence-corrected chi connectivity index (χ4v) is 4.32. The van der Waals surface area contributed by atoms with Crippen LogP contribution in [0.25, 0.3) is 22.7 Å². The molecule has 6 nitrogen and oxygen atoms in total. The van der Waals surface area contributed by atoms with Crippen LogP contribution in [0.2, 0.25) is 0 Å². The summed E-state index contributed by atoms with van der Waals surface area (Å²) in [7, 11) is 0. The van der Waals surface area contributed by atoms with Crippen molar-refractivity contribution in [1.82, 2.24) is 29.1 Å². The van der Waals surface area contributed by atoms with Crippen molar-refractivity contribution in [2.24, 2.45) is 0 Å². The van der Waals surface area contributed by atoms with Crippen LogP contribution in [-0.4, -0.2) is 29.1 Å². The summed E-state index contributed by atoms with van der Waals surface area (Å²) in [6.45, 7) is 4.18. The van der Waals surface area contributed by atoms with Crippen molar-refractivity contribution in [3.63, 3.8) is 0 Å². The minimum Gasteiger partial charge on any atom is -0.307 e. The molecular weight excluding hydrogens is 392 g/mol. The highest BCUT2D eigenvalue weighted by molar-refractivity contribution is 7.98. The third-order valence-electron chi connectivity index (χ3n) is 5.01. The first-order valence-electron chi connectivity index (χ1n) is 9.68. The topological polar surface area (TPSA) is 60.9 Å². The summed E-state index contributed by atoms with van der Waals surface area (Å²) in [5.41, 5.74) is 6.39. The van der Waals surface area contributed by atoms with Crippen LogP contribution in [0.5, 0.6) is 0 Å². The minimum absolute atomic E-state index is 0.710. The number of hydrogen-bond donors (Lipinski definition) is 0. The van der Waals surface area contributed by atoms with Crippen LogP contribution in [0.4, 0.5) is 0 Å². The molecule has 0 aliphatic carbocycles. The van der Waals surface area contributed by atoms with Gasteiger partial charge in [-0.05, 0) is 49.2 Å². The third-order valence-corrected chi connectivity index (χ3v) is 5.97. The van der Waals surface area contributed by atoms with E-state index in [9.17, 15) is 0 Å². The Hall–Kier alpha value is -3.45. The first-order chi connectivity index (χ1) is 14.7. The van der Waals surface area contributed by atoms with E-state index in [0.29, 0.717) is 5.75 Å². The van der Waals surface area contributed by atoms with Crippen LogP contribution in [0.3, 0.4) is 0 Å². The molecule has 0 aliphatic rings. The Kier molecular flexibility index (Phi) is 4.80. The second-order valence-electron chi connectivity index (χ2n) is 7.11. The van der Waals surface area contributed by atoms with Crippen molar-refractivity contribution < 1.29 is 0 Å². The molecule has 5 rings (SSSR count). The van der Waals surface area contributed by atoms with E-state index >= 15 is 0 Å². The second kappa shape index (κ2) is 7.76. The number of pyridine rings is 2. The quantitative estimate of drug-likeness (QED) is 0.385. The number of hydrogen-bond acceptors (Lipinski definition) is 5. The Labute approximate surface area is 178 Å². The van der Waals surface area contributed by atoms with Crippen LogP contribution in [0.15, 0.2) is 78.5 Å². The molecule has 0 bridgehead atoms. The van der Waals surface area contributed by atoms with E-state index in [1.165, 1.54) is 0 Å². The Bertz CT molecular complexity index is 1320. The molecule has 0 saturated carbocycles. The number of rotatable bonds is 5. The largest absolute Gasteiger partial charge is 0.307 e. The van der Waals surface area contributed by atoms with Gasteiger partial charge in [-0.25, -0.2) is 4.98 Å². The third kappa shape index (κ3) is 3.37. The lowest BCUT2D eigenvalue weighted by atomic mass is 10.2. The number of thioether (sulfide) groups is 1. The van der Waals surface area contributed by atoms with Crippen LogP contribution >= 0.6 is 11.8 Å². The molecule has 0 unspecified atom stereocenters. The normalized spacial score (nSPS) is 11.3. The van der Waals surface area contributed by atoms with Gasteiger partial charge in [-0.15, -0.1) is 10.2 Å². The number of aryl methyl sites for hydroxylation is 2. The van der Waals surface area contributed by atoms with E-state index in [1.54, 1.807) is 24.2 Å². The Morgan fingerprint density at radius 3 is 2.50 bits per heavy atom. The van der Waals surface area contributed by atoms with E-state index in [1.807, 2.05) is 36.5 Å². The predicted octanol–water partition coefficient (Wildman–Crippen LogP) is 4.89. The van der Waals surface area contributed by atoms with Gasteiger partial charge in [0.1, 0.15) is 5.65 Å². The van der Waals surface area contributed by atoms with Crippen molar-refractivity contribution in [3.8, 4) is 17.1 Å². The summed E-state index contributed by atoms with van der Waals surface area (Å²) in [6, 6.07) is 16.3. The van der Waals surface area contributed by atoms with Gasteiger partial charge in [0.25, 0.3) is 0 Å². The lowest BCUT2D eigenvalue weighted by Crippen LogP contribution is -2.02. The number of benzene rings is 1. The molecule has 0 fully saturated rings. The molecular formula is C23H20N6S. The fourth-order valence-electron chi connectivity index (χ4n) is 3.50. The minimum atomic E-state index is 0.710. The Balaban J connectivity index is 1.54. The predicted molar refractivity (Wildman–Crippen MR) is 119 cm³/mol. The van der Waals surface area contributed by atoms with Gasteiger partial charge < -0.3 is 4.40 Å². The summed E-state index contributed by atoms with van der Waals surface area (Å²) in [4.78, 5) is 8.92. The van der Waals surface area contributed by atoms with E-state index in [0.717, 1.165) is 44.7 Å². The summed E-state index contributed by atoms with van der Waals surface area (Å²) in [5.74, 6) is 1.52. The number of nitrogens with zero attached hydrogens (tertiary/aromatic N) is 6. The van der Waals surface area contributed by atoms with Crippen molar-refractivity contribution in [1.29, 1.82) is 0 Å². The first-order valence-corrected chi connectivity index (χ1v) is 10.7. The lowest BCUT2D eigenvalue weighted by Gasteiger charge is -2.12. The van der Waals surface area contributed by atoms with Crippen molar-refractivity contribution in [2.75, 3.05) is 0 Å². The van der Waals surface area contributed by atoms with Crippen LogP contribution in [0, 0.1) is 13.8 Å². The summed E-state index contributed by atoms with van der Waals surface area (Å²) in [6.07, 6.45) is 7.66. The summed E-state index contributed by atoms with van der Waals surface area (Å²) in [5, 5.41) is 9.87. The molecule has 1 aromatic carbocycles. The molecule has 0 amide bonds. The maximum Gasteiger partial charge on any atom is 0.196 e. The van der Waals surface area contributed by atoms with E-state index in [-0.39, 0.29) is 0 Å². The number of para-hydroxylation sites is 1. The van der Waals surface area contributed by atoms with Gasteiger partial charge in [-0.1, -0.05) is 36.0 Å². The highest BCUT2D eigenvalue weighted by atomic mass is 32.2. The number of fused-ring (bicyclic) bond motifs is 1. The van der Waals surface area contributed by atoms with Gasteiger partial charge in [-0.3, -0.25) is 9.55 Å². The molecule has 5 aromatic rings. The molecule has 0 aliphatic heterocycles. The van der Waals surface area contributed by atoms with Gasteiger partial charge >= 0.3 is 0 Å². The Morgan fingerprint density at radius 2 is 1.70 bits per heavy atom. The summed E-state index contributed by atoms with van der Waals surface area (Å²) < 4.78 is 4.19. The monoisotopic (exact) mass is 412 g/mol. The SMILES string of the molecule is Cc1ccccc1-n1c(SCc2cn3cccc(C)c3n2)nnc1-c1ccncc1. The fraction of sp³-hybridized carbons (Fsp3) is 0.130. The lowest BCUT2D eigenvalue weighted by molar-refractivity contribution is 0.879. The highest BCUT2D eigenvalue weighted by Gasteiger charge is 2.18. The van der Waals surface area contributed by atoms with Gasteiger partial charge in [0, 0.05) is 36.1 Å². The maximum absolute atomic E-state index is 4.79. The summed E-state index contributed by atoms with van der Waals surface area (Å²) >= 11 is 1.64. The zero-order valence-corrected chi connectivity index (χ0v) is 17.5. The standard InChI is InChI=1S/C23H20N6S/c1-16-6-3-4-8-20(16)29-22(18-9-11-24-12-10-18)26-27-23(29)30-15-19-14-28-13-5-7-17(2)21(28)25-19/h3-14H,15H2,1-2H3. The van der Waals surface area contributed by atoms with Crippen LogP contribution in [-0.2, 0) is 5.75 Å².